The third-order valence-corrected chi connectivity index (χ3v) is 3.71. The topological polar surface area (TPSA) is 72.9 Å². The molecule has 5 nitrogen and oxygen atoms in total. The molecule has 5 heteroatoms. The van der Waals surface area contributed by atoms with Gasteiger partial charge in [0, 0.05) is 43.6 Å². The first kappa shape index (κ1) is 15.0. The maximum Gasteiger partial charge on any atom is 0.217 e. The van der Waals surface area contributed by atoms with E-state index in [9.17, 15) is 4.79 Å². The van der Waals surface area contributed by atoms with E-state index in [0.29, 0.717) is 6.42 Å². The zero-order chi connectivity index (χ0) is 14.8. The number of nitrogens with two attached hydrogens (primary N) is 1. The number of aromatic nitrogens is 2. The van der Waals surface area contributed by atoms with Gasteiger partial charge in [0.05, 0.1) is 5.69 Å². The van der Waals surface area contributed by atoms with Crippen molar-refractivity contribution in [1.82, 2.24) is 14.9 Å². The van der Waals surface area contributed by atoms with Crippen molar-refractivity contribution >= 4 is 5.91 Å². The summed E-state index contributed by atoms with van der Waals surface area (Å²) in [5.74, 6) is 0.947. The fraction of sp³-hybridized carbons (Fsp3) is 0.733. The summed E-state index contributed by atoms with van der Waals surface area (Å²) in [7, 11) is 0. The zero-order valence-electron chi connectivity index (χ0n) is 12.8. The van der Waals surface area contributed by atoms with Gasteiger partial charge in [0.1, 0.15) is 5.82 Å². The Labute approximate surface area is 120 Å². The number of hydrogen-bond donors (Lipinski definition) is 2. The third-order valence-electron chi connectivity index (χ3n) is 3.71. The summed E-state index contributed by atoms with van der Waals surface area (Å²) < 4.78 is 2.37. The summed E-state index contributed by atoms with van der Waals surface area (Å²) in [6.45, 7) is 9.43. The number of unbranched alkanes of at least 4 members (excludes halogenated alkanes) is 1. The molecule has 0 saturated carbocycles. The van der Waals surface area contributed by atoms with E-state index in [4.69, 9.17) is 10.7 Å². The molecule has 112 valence electrons. The number of carbonyl (C=O) groups excluding carboxylic acids is 1. The van der Waals surface area contributed by atoms with Crippen LogP contribution in [-0.2, 0) is 29.7 Å². The highest BCUT2D eigenvalue weighted by molar-refractivity contribution is 5.73. The number of rotatable bonds is 5. The molecule has 1 aliphatic heterocycles. The lowest BCUT2D eigenvalue weighted by Crippen LogP contribution is -2.25. The third kappa shape index (κ3) is 3.39. The van der Waals surface area contributed by atoms with E-state index in [1.165, 1.54) is 11.4 Å². The first-order valence-corrected chi connectivity index (χ1v) is 7.47. The lowest BCUT2D eigenvalue weighted by molar-refractivity contribution is -0.118. The van der Waals surface area contributed by atoms with E-state index in [2.05, 4.69) is 30.7 Å². The predicted molar refractivity (Wildman–Crippen MR) is 79.4 cm³/mol. The van der Waals surface area contributed by atoms with Crippen molar-refractivity contribution in [2.75, 3.05) is 6.54 Å². The summed E-state index contributed by atoms with van der Waals surface area (Å²) in [5.41, 5.74) is 7.80. The second-order valence-corrected chi connectivity index (χ2v) is 6.58. The van der Waals surface area contributed by atoms with E-state index >= 15 is 0 Å². The molecule has 1 amide bonds. The molecule has 0 unspecified atom stereocenters. The molecule has 0 atom stereocenters. The Morgan fingerprint density at radius 1 is 1.40 bits per heavy atom. The van der Waals surface area contributed by atoms with Crippen LogP contribution in [0.1, 0.15) is 57.2 Å². The maximum atomic E-state index is 10.8. The number of primary amides is 1. The van der Waals surface area contributed by atoms with Crippen LogP contribution in [0, 0.1) is 0 Å². The molecular formula is C15H26N4O. The van der Waals surface area contributed by atoms with Crippen LogP contribution in [0.25, 0.3) is 0 Å². The van der Waals surface area contributed by atoms with Crippen molar-refractivity contribution in [3.05, 3.63) is 17.2 Å². The Kier molecular flexibility index (Phi) is 4.48. The first-order chi connectivity index (χ1) is 9.39. The minimum Gasteiger partial charge on any atom is -0.370 e. The summed E-state index contributed by atoms with van der Waals surface area (Å²) in [5, 5.41) is 3.38. The van der Waals surface area contributed by atoms with Gasteiger partial charge in [-0.3, -0.25) is 4.79 Å². The second kappa shape index (κ2) is 5.95. The second-order valence-electron chi connectivity index (χ2n) is 6.58. The lowest BCUT2D eigenvalue weighted by atomic mass is 9.95. The molecule has 20 heavy (non-hydrogen) atoms. The van der Waals surface area contributed by atoms with Gasteiger partial charge in [0.25, 0.3) is 0 Å². The molecule has 2 heterocycles. The molecule has 0 fully saturated rings. The van der Waals surface area contributed by atoms with Crippen LogP contribution in [0.2, 0.25) is 0 Å². The quantitative estimate of drug-likeness (QED) is 0.801. The number of nitrogens with zero attached hydrogens (tertiary/aromatic N) is 2. The van der Waals surface area contributed by atoms with Crippen molar-refractivity contribution in [2.45, 2.75) is 65.0 Å². The van der Waals surface area contributed by atoms with Crippen molar-refractivity contribution in [2.24, 2.45) is 5.73 Å². The van der Waals surface area contributed by atoms with Crippen LogP contribution in [-0.4, -0.2) is 22.0 Å². The largest absolute Gasteiger partial charge is 0.370 e. The van der Waals surface area contributed by atoms with Crippen LogP contribution in [0.4, 0.5) is 0 Å². The minimum absolute atomic E-state index is 0.0427. The highest BCUT2D eigenvalue weighted by Crippen LogP contribution is 2.26. The Hall–Kier alpha value is -1.36. The van der Waals surface area contributed by atoms with Crippen LogP contribution < -0.4 is 11.1 Å². The maximum absolute atomic E-state index is 10.8. The van der Waals surface area contributed by atoms with Gasteiger partial charge < -0.3 is 15.6 Å². The number of hydrogen-bond acceptors (Lipinski definition) is 3. The Balaban J connectivity index is 2.16. The van der Waals surface area contributed by atoms with Crippen LogP contribution in [0.3, 0.4) is 0 Å². The number of nitrogens with one attached hydrogen (secondary N) is 1. The zero-order valence-corrected chi connectivity index (χ0v) is 12.8. The van der Waals surface area contributed by atoms with Gasteiger partial charge in [0.2, 0.25) is 5.91 Å². The average molecular weight is 278 g/mol. The van der Waals surface area contributed by atoms with E-state index in [0.717, 1.165) is 44.7 Å². The van der Waals surface area contributed by atoms with Gasteiger partial charge in [0.15, 0.2) is 0 Å². The SMILES string of the molecule is CC(C)(C)c1nc2c(n1CCCCC(N)=O)CCNC2. The van der Waals surface area contributed by atoms with E-state index in [-0.39, 0.29) is 11.3 Å². The summed E-state index contributed by atoms with van der Waals surface area (Å²) in [6.07, 6.45) is 3.34. The molecule has 3 N–H and O–H groups in total. The summed E-state index contributed by atoms with van der Waals surface area (Å²) in [6, 6.07) is 0. The first-order valence-electron chi connectivity index (χ1n) is 7.47. The Bertz CT molecular complexity index is 485. The standard InChI is InChI=1S/C15H26N4O/c1-15(2,3)14-18-11-10-17-8-7-12(11)19(14)9-5-4-6-13(16)20/h17H,4-10H2,1-3H3,(H2,16,20). The molecular weight excluding hydrogens is 252 g/mol. The molecule has 0 aromatic carbocycles. The molecule has 1 aromatic heterocycles. The van der Waals surface area contributed by atoms with Crippen LogP contribution >= 0.6 is 0 Å². The van der Waals surface area contributed by atoms with Gasteiger partial charge >= 0.3 is 0 Å². The molecule has 0 saturated heterocycles. The summed E-state index contributed by atoms with van der Waals surface area (Å²) >= 11 is 0. The number of amides is 1. The number of carbonyl (C=O) groups is 1. The number of imidazole rings is 1. The fourth-order valence-electron chi connectivity index (χ4n) is 2.75. The fourth-order valence-corrected chi connectivity index (χ4v) is 2.75. The van der Waals surface area contributed by atoms with Crippen molar-refractivity contribution in [1.29, 1.82) is 0 Å². The van der Waals surface area contributed by atoms with Crippen molar-refractivity contribution < 1.29 is 4.79 Å². The average Bonchev–Trinajstić information content (AvgIpc) is 2.73. The highest BCUT2D eigenvalue weighted by Gasteiger charge is 2.26. The molecule has 0 radical (unpaired) electrons. The van der Waals surface area contributed by atoms with Gasteiger partial charge in [-0.15, -0.1) is 0 Å². The molecule has 0 aliphatic carbocycles. The lowest BCUT2D eigenvalue weighted by Gasteiger charge is -2.22. The van der Waals surface area contributed by atoms with Crippen LogP contribution in [0.15, 0.2) is 0 Å². The molecule has 2 rings (SSSR count). The smallest absolute Gasteiger partial charge is 0.217 e. The minimum atomic E-state index is -0.210. The van der Waals surface area contributed by atoms with Gasteiger partial charge in [-0.1, -0.05) is 20.8 Å². The summed E-state index contributed by atoms with van der Waals surface area (Å²) in [4.78, 5) is 15.7. The van der Waals surface area contributed by atoms with Gasteiger partial charge in [-0.2, -0.15) is 0 Å². The molecule has 0 spiro atoms. The predicted octanol–water partition coefficient (Wildman–Crippen LogP) is 1.48. The van der Waals surface area contributed by atoms with Crippen molar-refractivity contribution in [3.63, 3.8) is 0 Å². The Morgan fingerprint density at radius 3 is 2.80 bits per heavy atom. The molecule has 1 aromatic rings. The highest BCUT2D eigenvalue weighted by atomic mass is 16.1. The van der Waals surface area contributed by atoms with E-state index in [1.807, 2.05) is 0 Å². The normalized spacial score (nSPS) is 15.2. The van der Waals surface area contributed by atoms with Gasteiger partial charge in [-0.25, -0.2) is 4.98 Å². The monoisotopic (exact) mass is 278 g/mol. The Morgan fingerprint density at radius 2 is 2.15 bits per heavy atom. The number of fused-ring (bicyclic) bond motifs is 1. The molecule has 1 aliphatic rings. The molecule has 0 bridgehead atoms. The van der Waals surface area contributed by atoms with Crippen LogP contribution in [0.5, 0.6) is 0 Å². The van der Waals surface area contributed by atoms with E-state index in [1.54, 1.807) is 0 Å². The van der Waals surface area contributed by atoms with E-state index < -0.39 is 0 Å². The van der Waals surface area contributed by atoms with Crippen molar-refractivity contribution in [3.8, 4) is 0 Å². The van der Waals surface area contributed by atoms with Gasteiger partial charge in [-0.05, 0) is 12.8 Å².